The average molecular weight is 349 g/mol. The van der Waals surface area contributed by atoms with Gasteiger partial charge in [0.05, 0.1) is 17.0 Å². The lowest BCUT2D eigenvalue weighted by Gasteiger charge is -2.26. The molecule has 0 aliphatic carbocycles. The Morgan fingerprint density at radius 2 is 2.16 bits per heavy atom. The molecule has 2 N–H and O–H groups in total. The Labute approximate surface area is 121 Å². The molecule has 1 aliphatic rings. The number of nitrogen functional groups attached to an aromatic ring is 1. The van der Waals surface area contributed by atoms with E-state index < -0.39 is 10.0 Å². The van der Waals surface area contributed by atoms with Gasteiger partial charge in [-0.15, -0.1) is 0 Å². The number of halogens is 1. The van der Waals surface area contributed by atoms with Crippen LogP contribution in [0, 0.1) is 0 Å². The fourth-order valence-electron chi connectivity index (χ4n) is 2.22. The minimum Gasteiger partial charge on any atom is -0.398 e. The summed E-state index contributed by atoms with van der Waals surface area (Å²) in [7, 11) is -1.96. The summed E-state index contributed by atoms with van der Waals surface area (Å²) in [6, 6.07) is 4.53. The number of rotatable bonds is 3. The third kappa shape index (κ3) is 2.79. The van der Waals surface area contributed by atoms with Gasteiger partial charge in [-0.3, -0.25) is 0 Å². The highest BCUT2D eigenvalue weighted by molar-refractivity contribution is 9.10. The van der Waals surface area contributed by atoms with E-state index in [4.69, 9.17) is 10.5 Å². The third-order valence-electron chi connectivity index (χ3n) is 3.45. The maximum atomic E-state index is 12.5. The van der Waals surface area contributed by atoms with Crippen molar-refractivity contribution in [2.24, 2.45) is 0 Å². The SMILES string of the molecule is CC1OCCC1N(C)S(=O)(=O)c1ccc(Br)c(N)c1. The first-order chi connectivity index (χ1) is 8.84. The standard InChI is InChI=1S/C12H17BrN2O3S/c1-8-12(5-6-18-8)15(2)19(16,17)9-3-4-10(13)11(14)7-9/h3-4,7-8,12H,5-6,14H2,1-2H3. The first kappa shape index (κ1) is 14.8. The summed E-state index contributed by atoms with van der Waals surface area (Å²) in [5.74, 6) is 0. The molecule has 1 aromatic carbocycles. The van der Waals surface area contributed by atoms with Crippen molar-refractivity contribution < 1.29 is 13.2 Å². The Hall–Kier alpha value is -0.630. The number of likely N-dealkylation sites (N-methyl/N-ethyl adjacent to an activating group) is 1. The van der Waals surface area contributed by atoms with Crippen molar-refractivity contribution in [2.75, 3.05) is 19.4 Å². The van der Waals surface area contributed by atoms with Crippen molar-refractivity contribution >= 4 is 31.6 Å². The van der Waals surface area contributed by atoms with Gasteiger partial charge in [-0.2, -0.15) is 4.31 Å². The molecule has 1 saturated heterocycles. The molecule has 0 aromatic heterocycles. The van der Waals surface area contributed by atoms with E-state index in [-0.39, 0.29) is 17.0 Å². The molecular weight excluding hydrogens is 332 g/mol. The number of sulfonamides is 1. The predicted octanol–water partition coefficient (Wildman–Crippen LogP) is 1.83. The summed E-state index contributed by atoms with van der Waals surface area (Å²) in [6.45, 7) is 2.48. The second-order valence-electron chi connectivity index (χ2n) is 4.64. The minimum absolute atomic E-state index is 0.0902. The lowest BCUT2D eigenvalue weighted by molar-refractivity contribution is 0.102. The summed E-state index contributed by atoms with van der Waals surface area (Å²) >= 11 is 3.26. The van der Waals surface area contributed by atoms with Crippen LogP contribution in [0.3, 0.4) is 0 Å². The molecule has 1 heterocycles. The van der Waals surface area contributed by atoms with Crippen LogP contribution in [0.4, 0.5) is 5.69 Å². The van der Waals surface area contributed by atoms with Crippen LogP contribution in [0.1, 0.15) is 13.3 Å². The second kappa shape index (κ2) is 5.40. The zero-order valence-corrected chi connectivity index (χ0v) is 13.2. The van der Waals surface area contributed by atoms with Gasteiger partial charge in [0.1, 0.15) is 0 Å². The number of hydrogen-bond donors (Lipinski definition) is 1. The van der Waals surface area contributed by atoms with Crippen LogP contribution in [0.2, 0.25) is 0 Å². The van der Waals surface area contributed by atoms with E-state index in [0.717, 1.165) is 0 Å². The fraction of sp³-hybridized carbons (Fsp3) is 0.500. The van der Waals surface area contributed by atoms with Crippen molar-refractivity contribution in [1.29, 1.82) is 0 Å². The Balaban J connectivity index is 2.33. The molecule has 106 valence electrons. The van der Waals surface area contributed by atoms with Crippen LogP contribution < -0.4 is 5.73 Å². The first-order valence-corrected chi connectivity index (χ1v) is 8.22. The molecular formula is C12H17BrN2O3S. The van der Waals surface area contributed by atoms with Crippen molar-refractivity contribution in [2.45, 2.75) is 30.4 Å². The maximum Gasteiger partial charge on any atom is 0.243 e. The van der Waals surface area contributed by atoms with E-state index in [1.54, 1.807) is 19.2 Å². The van der Waals surface area contributed by atoms with E-state index in [1.807, 2.05) is 6.92 Å². The molecule has 5 nitrogen and oxygen atoms in total. The molecule has 0 amide bonds. The summed E-state index contributed by atoms with van der Waals surface area (Å²) in [6.07, 6.45) is 0.621. The zero-order chi connectivity index (χ0) is 14.2. The smallest absolute Gasteiger partial charge is 0.243 e. The van der Waals surface area contributed by atoms with Crippen LogP contribution in [0.25, 0.3) is 0 Å². The van der Waals surface area contributed by atoms with Gasteiger partial charge in [-0.25, -0.2) is 8.42 Å². The van der Waals surface area contributed by atoms with E-state index in [1.165, 1.54) is 10.4 Å². The second-order valence-corrected chi connectivity index (χ2v) is 7.49. The summed E-state index contributed by atoms with van der Waals surface area (Å²) in [4.78, 5) is 0.204. The molecule has 0 spiro atoms. The first-order valence-electron chi connectivity index (χ1n) is 5.98. The normalized spacial score (nSPS) is 24.0. The van der Waals surface area contributed by atoms with Gasteiger partial charge in [0.25, 0.3) is 0 Å². The number of nitrogens with two attached hydrogens (primary N) is 1. The van der Waals surface area contributed by atoms with E-state index >= 15 is 0 Å². The highest BCUT2D eigenvalue weighted by Gasteiger charge is 2.35. The quantitative estimate of drug-likeness (QED) is 0.845. The predicted molar refractivity (Wildman–Crippen MR) is 77.3 cm³/mol. The van der Waals surface area contributed by atoms with E-state index in [0.29, 0.717) is 23.2 Å². The van der Waals surface area contributed by atoms with Gasteiger partial charge >= 0.3 is 0 Å². The molecule has 1 aromatic rings. The number of benzene rings is 1. The fourth-order valence-corrected chi connectivity index (χ4v) is 3.95. The van der Waals surface area contributed by atoms with Gasteiger partial charge in [-0.1, -0.05) is 0 Å². The summed E-state index contributed by atoms with van der Waals surface area (Å²) < 4.78 is 32.5. The average Bonchev–Trinajstić information content (AvgIpc) is 2.77. The number of anilines is 1. The van der Waals surface area contributed by atoms with Crippen LogP contribution >= 0.6 is 15.9 Å². The number of nitrogens with zero attached hydrogens (tertiary/aromatic N) is 1. The minimum atomic E-state index is -3.54. The molecule has 2 rings (SSSR count). The summed E-state index contributed by atoms with van der Waals surface area (Å²) in [5.41, 5.74) is 6.15. The molecule has 7 heteroatoms. The molecule has 19 heavy (non-hydrogen) atoms. The van der Waals surface area contributed by atoms with Crippen LogP contribution in [0.5, 0.6) is 0 Å². The zero-order valence-electron chi connectivity index (χ0n) is 10.8. The molecule has 2 atom stereocenters. The summed E-state index contributed by atoms with van der Waals surface area (Å²) in [5, 5.41) is 0. The Kier molecular flexibility index (Phi) is 4.20. The monoisotopic (exact) mass is 348 g/mol. The highest BCUT2D eigenvalue weighted by Crippen LogP contribution is 2.28. The van der Waals surface area contributed by atoms with Gasteiger partial charge in [0, 0.05) is 23.8 Å². The lowest BCUT2D eigenvalue weighted by atomic mass is 10.2. The van der Waals surface area contributed by atoms with Crippen molar-refractivity contribution in [3.05, 3.63) is 22.7 Å². The van der Waals surface area contributed by atoms with Gasteiger partial charge in [-0.05, 0) is 47.5 Å². The topological polar surface area (TPSA) is 72.6 Å². The number of ether oxygens (including phenoxy) is 1. The van der Waals surface area contributed by atoms with Gasteiger partial charge in [0.2, 0.25) is 10.0 Å². The molecule has 0 radical (unpaired) electrons. The Morgan fingerprint density at radius 1 is 1.47 bits per heavy atom. The van der Waals surface area contributed by atoms with Crippen LogP contribution in [-0.4, -0.2) is 38.5 Å². The molecule has 1 fully saturated rings. The molecule has 0 bridgehead atoms. The Bertz CT molecular complexity index is 576. The van der Waals surface area contributed by atoms with E-state index in [9.17, 15) is 8.42 Å². The highest BCUT2D eigenvalue weighted by atomic mass is 79.9. The molecule has 0 saturated carbocycles. The van der Waals surface area contributed by atoms with Crippen molar-refractivity contribution in [3.8, 4) is 0 Å². The lowest BCUT2D eigenvalue weighted by Crippen LogP contribution is -2.40. The third-order valence-corrected chi connectivity index (χ3v) is 6.05. The van der Waals surface area contributed by atoms with Crippen LogP contribution in [0.15, 0.2) is 27.6 Å². The van der Waals surface area contributed by atoms with Crippen molar-refractivity contribution in [3.63, 3.8) is 0 Å². The Morgan fingerprint density at radius 3 is 2.68 bits per heavy atom. The molecule has 2 unspecified atom stereocenters. The van der Waals surface area contributed by atoms with Gasteiger partial charge < -0.3 is 10.5 Å². The molecule has 1 aliphatic heterocycles. The maximum absolute atomic E-state index is 12.5. The largest absolute Gasteiger partial charge is 0.398 e. The number of hydrogen-bond acceptors (Lipinski definition) is 4. The van der Waals surface area contributed by atoms with Crippen LogP contribution in [-0.2, 0) is 14.8 Å². The van der Waals surface area contributed by atoms with E-state index in [2.05, 4.69) is 15.9 Å². The van der Waals surface area contributed by atoms with Crippen molar-refractivity contribution in [1.82, 2.24) is 4.31 Å². The van der Waals surface area contributed by atoms with Gasteiger partial charge in [0.15, 0.2) is 0 Å².